The highest BCUT2D eigenvalue weighted by molar-refractivity contribution is 7.25. The third kappa shape index (κ3) is 5.18. The number of aryl methyl sites for hydroxylation is 6. The predicted molar refractivity (Wildman–Crippen MR) is 254 cm³/mol. The molecule has 2 nitrogen and oxygen atoms in total. The molecule has 0 fully saturated rings. The summed E-state index contributed by atoms with van der Waals surface area (Å²) in [6.45, 7) is 13.7. The fourth-order valence-corrected chi connectivity index (χ4v) is 11.6. The third-order valence-corrected chi connectivity index (χ3v) is 13.8. The second kappa shape index (κ2) is 13.1. The summed E-state index contributed by atoms with van der Waals surface area (Å²) in [5.41, 5.74) is 19.5. The summed E-state index contributed by atoms with van der Waals surface area (Å²) in [6, 6.07) is 57.1. The molecule has 0 spiro atoms. The molecular weight excluding hydrogens is 719 g/mol. The average molecular weight is 763 g/mol. The summed E-state index contributed by atoms with van der Waals surface area (Å²) in [5.74, 6) is 0. The van der Waals surface area contributed by atoms with Crippen LogP contribution in [0.4, 0.5) is 0 Å². The van der Waals surface area contributed by atoms with Gasteiger partial charge in [-0.15, -0.1) is 11.3 Å². The lowest BCUT2D eigenvalue weighted by atomic mass is 9.34. The standard InChI is InChI=1S/C54H43BN2S/c1-32-26-34(3)52(35(4)27-32)55(53-36(5)28-33(2)29-37(53)6)38-20-24-49-44(30-38)45-31-40(21-25-50(45)58-49)56-47-19-13-11-17-43(47)51-48(56)23-22-42-41-16-10-12-18-46(41)57(54(42)51)39-14-8-7-9-15-39/h7-31H,1-6H3. The van der Waals surface area contributed by atoms with Crippen molar-refractivity contribution in [1.29, 1.82) is 0 Å². The second-order valence-corrected chi connectivity index (χ2v) is 17.6. The van der Waals surface area contributed by atoms with Crippen LogP contribution in [-0.2, 0) is 0 Å². The minimum atomic E-state index is 0.125. The molecule has 4 heteroatoms. The molecule has 11 aromatic rings. The number of benzene rings is 8. The van der Waals surface area contributed by atoms with Crippen molar-refractivity contribution in [2.45, 2.75) is 41.5 Å². The molecule has 278 valence electrons. The van der Waals surface area contributed by atoms with Crippen molar-refractivity contribution in [1.82, 2.24) is 9.13 Å². The maximum absolute atomic E-state index is 2.51. The van der Waals surface area contributed by atoms with E-state index in [1.807, 2.05) is 11.3 Å². The van der Waals surface area contributed by atoms with E-state index in [1.54, 1.807) is 0 Å². The number of nitrogens with zero attached hydrogens (tertiary/aromatic N) is 2. The number of fused-ring (bicyclic) bond motifs is 10. The van der Waals surface area contributed by atoms with Gasteiger partial charge in [-0.1, -0.05) is 147 Å². The highest BCUT2D eigenvalue weighted by atomic mass is 32.1. The molecule has 0 radical (unpaired) electrons. The van der Waals surface area contributed by atoms with Gasteiger partial charge in [0.05, 0.1) is 22.1 Å². The van der Waals surface area contributed by atoms with Gasteiger partial charge in [0.25, 0.3) is 0 Å². The molecule has 0 saturated heterocycles. The van der Waals surface area contributed by atoms with Crippen molar-refractivity contribution in [2.75, 3.05) is 0 Å². The molecule has 0 aliphatic carbocycles. The first-order valence-corrected chi connectivity index (χ1v) is 21.2. The Labute approximate surface area is 343 Å². The van der Waals surface area contributed by atoms with Crippen LogP contribution in [-0.4, -0.2) is 15.8 Å². The Morgan fingerprint density at radius 1 is 0.397 bits per heavy atom. The first kappa shape index (κ1) is 34.9. The van der Waals surface area contributed by atoms with Crippen molar-refractivity contribution in [2.24, 2.45) is 0 Å². The molecule has 0 aliphatic rings. The number of thiophene rings is 1. The quantitative estimate of drug-likeness (QED) is 0.155. The zero-order chi connectivity index (χ0) is 39.4. The molecule has 0 N–H and O–H groups in total. The Morgan fingerprint density at radius 3 is 1.60 bits per heavy atom. The van der Waals surface area contributed by atoms with E-state index in [2.05, 4.69) is 202 Å². The smallest absolute Gasteiger partial charge is 0.242 e. The molecule has 3 heterocycles. The van der Waals surface area contributed by atoms with E-state index in [0.29, 0.717) is 0 Å². The summed E-state index contributed by atoms with van der Waals surface area (Å²) < 4.78 is 7.59. The molecule has 0 saturated carbocycles. The van der Waals surface area contributed by atoms with Crippen LogP contribution in [0, 0.1) is 41.5 Å². The summed E-state index contributed by atoms with van der Waals surface area (Å²) in [5, 5.41) is 7.71. The van der Waals surface area contributed by atoms with E-state index in [4.69, 9.17) is 0 Å². The topological polar surface area (TPSA) is 9.86 Å². The van der Waals surface area contributed by atoms with Gasteiger partial charge in [-0.05, 0) is 102 Å². The molecule has 8 aromatic carbocycles. The molecule has 0 aliphatic heterocycles. The van der Waals surface area contributed by atoms with Crippen LogP contribution in [0.15, 0.2) is 152 Å². The van der Waals surface area contributed by atoms with Crippen molar-refractivity contribution < 1.29 is 0 Å². The van der Waals surface area contributed by atoms with E-state index in [0.717, 1.165) is 0 Å². The van der Waals surface area contributed by atoms with E-state index >= 15 is 0 Å². The van der Waals surface area contributed by atoms with E-state index in [-0.39, 0.29) is 6.71 Å². The van der Waals surface area contributed by atoms with E-state index in [9.17, 15) is 0 Å². The van der Waals surface area contributed by atoms with Gasteiger partial charge in [0.1, 0.15) is 0 Å². The van der Waals surface area contributed by atoms with Crippen LogP contribution >= 0.6 is 11.3 Å². The van der Waals surface area contributed by atoms with Gasteiger partial charge in [-0.2, -0.15) is 0 Å². The first-order chi connectivity index (χ1) is 28.2. The number of hydrogen-bond donors (Lipinski definition) is 0. The van der Waals surface area contributed by atoms with Crippen LogP contribution in [0.2, 0.25) is 0 Å². The summed E-state index contributed by atoms with van der Waals surface area (Å²) in [4.78, 5) is 0. The fraction of sp³-hybridized carbons (Fsp3) is 0.111. The number of hydrogen-bond acceptors (Lipinski definition) is 1. The second-order valence-electron chi connectivity index (χ2n) is 16.5. The number of aromatic nitrogens is 2. The van der Waals surface area contributed by atoms with E-state index in [1.165, 1.54) is 125 Å². The summed E-state index contributed by atoms with van der Waals surface area (Å²) in [7, 11) is 0. The van der Waals surface area contributed by atoms with Gasteiger partial charge in [0.15, 0.2) is 0 Å². The van der Waals surface area contributed by atoms with Gasteiger partial charge < -0.3 is 9.13 Å². The minimum Gasteiger partial charge on any atom is -0.309 e. The molecule has 11 rings (SSSR count). The monoisotopic (exact) mass is 762 g/mol. The molecule has 0 atom stereocenters. The first-order valence-electron chi connectivity index (χ1n) is 20.4. The Kier molecular flexibility index (Phi) is 7.87. The number of para-hydroxylation sites is 3. The van der Waals surface area contributed by atoms with Gasteiger partial charge in [0, 0.05) is 47.7 Å². The van der Waals surface area contributed by atoms with Crippen LogP contribution in [0.1, 0.15) is 33.4 Å². The van der Waals surface area contributed by atoms with E-state index < -0.39 is 0 Å². The fourth-order valence-electron chi connectivity index (χ4n) is 10.5. The molecule has 58 heavy (non-hydrogen) atoms. The van der Waals surface area contributed by atoms with Crippen LogP contribution in [0.5, 0.6) is 0 Å². The summed E-state index contributed by atoms with van der Waals surface area (Å²) in [6.07, 6.45) is 0. The zero-order valence-corrected chi connectivity index (χ0v) is 34.6. The summed E-state index contributed by atoms with van der Waals surface area (Å²) >= 11 is 1.89. The van der Waals surface area contributed by atoms with Gasteiger partial charge >= 0.3 is 0 Å². The van der Waals surface area contributed by atoms with Crippen LogP contribution < -0.4 is 16.4 Å². The maximum Gasteiger partial charge on any atom is 0.242 e. The SMILES string of the molecule is Cc1cc(C)c(B(c2ccc3sc4ccc(-n5c6ccccc6c6c5ccc5c7ccccc7n(-c7ccccc7)c56)cc4c3c2)c2c(C)cc(C)cc2C)c(C)c1. The van der Waals surface area contributed by atoms with Crippen LogP contribution in [0.25, 0.3) is 75.2 Å². The van der Waals surface area contributed by atoms with Crippen LogP contribution in [0.3, 0.4) is 0 Å². The lowest BCUT2D eigenvalue weighted by Crippen LogP contribution is -2.55. The Balaban J connectivity index is 1.17. The highest BCUT2D eigenvalue weighted by Crippen LogP contribution is 2.43. The normalized spacial score (nSPS) is 12.0. The Hall–Kier alpha value is -6.36. The van der Waals surface area contributed by atoms with Gasteiger partial charge in [-0.25, -0.2) is 0 Å². The minimum absolute atomic E-state index is 0.125. The van der Waals surface area contributed by atoms with Gasteiger partial charge in [-0.3, -0.25) is 0 Å². The molecule has 0 bridgehead atoms. The zero-order valence-electron chi connectivity index (χ0n) is 33.8. The average Bonchev–Trinajstić information content (AvgIpc) is 3.87. The molecule has 0 unspecified atom stereocenters. The van der Waals surface area contributed by atoms with Gasteiger partial charge in [0.2, 0.25) is 6.71 Å². The lowest BCUT2D eigenvalue weighted by molar-refractivity contribution is 1.18. The predicted octanol–water partition coefficient (Wildman–Crippen LogP) is 12.6. The van der Waals surface area contributed by atoms with Crippen molar-refractivity contribution in [3.8, 4) is 11.4 Å². The largest absolute Gasteiger partial charge is 0.309 e. The van der Waals surface area contributed by atoms with Crippen molar-refractivity contribution >= 4 is 98.2 Å². The molecule has 0 amide bonds. The third-order valence-electron chi connectivity index (χ3n) is 12.6. The van der Waals surface area contributed by atoms with Crippen molar-refractivity contribution in [3.05, 3.63) is 185 Å². The van der Waals surface area contributed by atoms with Crippen molar-refractivity contribution in [3.63, 3.8) is 0 Å². The highest BCUT2D eigenvalue weighted by Gasteiger charge is 2.29. The molecule has 3 aromatic heterocycles. The maximum atomic E-state index is 2.51. The number of rotatable bonds is 5. The molecular formula is C54H43BN2S. The Morgan fingerprint density at radius 2 is 0.948 bits per heavy atom. The lowest BCUT2D eigenvalue weighted by Gasteiger charge is -2.24. The Bertz CT molecular complexity index is 3370.